The molecule has 0 saturated heterocycles. The highest BCUT2D eigenvalue weighted by Gasteiger charge is 2.28. The van der Waals surface area contributed by atoms with Gasteiger partial charge in [-0.15, -0.1) is 0 Å². The van der Waals surface area contributed by atoms with Gasteiger partial charge >= 0.3 is 5.97 Å². The number of allylic oxidation sites excluding steroid dienone is 3. The van der Waals surface area contributed by atoms with Crippen molar-refractivity contribution in [2.75, 3.05) is 11.0 Å². The number of alkyl halides is 1. The molecule has 2 bridgehead atoms. The van der Waals surface area contributed by atoms with Gasteiger partial charge in [-0.1, -0.05) is 40.8 Å². The third kappa shape index (κ3) is 1.95. The fourth-order valence-electron chi connectivity index (χ4n) is 1.88. The van der Waals surface area contributed by atoms with E-state index in [9.17, 15) is 4.79 Å². The van der Waals surface area contributed by atoms with Gasteiger partial charge in [-0.25, -0.2) is 0 Å². The van der Waals surface area contributed by atoms with Gasteiger partial charge in [0.15, 0.2) is 0 Å². The van der Waals surface area contributed by atoms with Crippen molar-refractivity contribution in [3.8, 4) is 0 Å². The summed E-state index contributed by atoms with van der Waals surface area (Å²) in [5.41, 5.74) is 1.28. The molecule has 0 amide bonds. The SMILES string of the molecule is O=C(CI)OCC1=C[C@H]2C=C[C@@H]1C2. The molecule has 0 aliphatic heterocycles. The van der Waals surface area contributed by atoms with Crippen LogP contribution in [0.15, 0.2) is 23.8 Å². The summed E-state index contributed by atoms with van der Waals surface area (Å²) in [6.45, 7) is 0.493. The Bertz CT molecular complexity index is 281. The summed E-state index contributed by atoms with van der Waals surface area (Å²) in [5.74, 6) is 1.04. The number of ether oxygens (including phenoxy) is 1. The summed E-state index contributed by atoms with van der Waals surface area (Å²) in [6.07, 6.45) is 7.87. The lowest BCUT2D eigenvalue weighted by Crippen LogP contribution is -2.10. The summed E-state index contributed by atoms with van der Waals surface area (Å²) in [4.78, 5) is 10.9. The highest BCUT2D eigenvalue weighted by Crippen LogP contribution is 2.38. The zero-order chi connectivity index (χ0) is 9.26. The topological polar surface area (TPSA) is 26.3 Å². The molecule has 2 aliphatic carbocycles. The monoisotopic (exact) mass is 290 g/mol. The number of carbonyl (C=O) groups is 1. The second-order valence-electron chi connectivity index (χ2n) is 3.43. The van der Waals surface area contributed by atoms with Gasteiger partial charge in [-0.2, -0.15) is 0 Å². The van der Waals surface area contributed by atoms with Crippen LogP contribution in [0.4, 0.5) is 0 Å². The molecule has 0 N–H and O–H groups in total. The first kappa shape index (κ1) is 9.24. The fraction of sp³-hybridized carbons (Fsp3) is 0.500. The molecule has 13 heavy (non-hydrogen) atoms. The van der Waals surface area contributed by atoms with Crippen molar-refractivity contribution in [3.05, 3.63) is 23.8 Å². The second kappa shape index (κ2) is 3.82. The number of esters is 1. The van der Waals surface area contributed by atoms with Crippen LogP contribution in [0, 0.1) is 11.8 Å². The van der Waals surface area contributed by atoms with Crippen LogP contribution in [0.1, 0.15) is 6.42 Å². The van der Waals surface area contributed by atoms with Crippen molar-refractivity contribution in [1.29, 1.82) is 0 Å². The number of hydrogen-bond acceptors (Lipinski definition) is 2. The summed E-state index contributed by atoms with van der Waals surface area (Å²) < 4.78 is 5.52. The molecule has 3 heteroatoms. The molecule has 0 saturated carbocycles. The molecule has 0 aromatic heterocycles. The van der Waals surface area contributed by atoms with Crippen molar-refractivity contribution in [3.63, 3.8) is 0 Å². The van der Waals surface area contributed by atoms with Gasteiger partial charge in [0, 0.05) is 5.92 Å². The van der Waals surface area contributed by atoms with Gasteiger partial charge in [0.05, 0.1) is 4.43 Å². The Labute approximate surface area is 91.2 Å². The van der Waals surface area contributed by atoms with Gasteiger partial charge in [0.2, 0.25) is 0 Å². The van der Waals surface area contributed by atoms with E-state index in [2.05, 4.69) is 18.2 Å². The van der Waals surface area contributed by atoms with E-state index in [0.29, 0.717) is 22.9 Å². The molecule has 2 atom stereocenters. The number of carbonyl (C=O) groups excluding carboxylic acids is 1. The van der Waals surface area contributed by atoms with E-state index in [1.165, 1.54) is 12.0 Å². The predicted octanol–water partition coefficient (Wildman–Crippen LogP) is 2.10. The molecule has 2 rings (SSSR count). The Kier molecular flexibility index (Phi) is 2.71. The zero-order valence-electron chi connectivity index (χ0n) is 7.20. The minimum Gasteiger partial charge on any atom is -0.461 e. The van der Waals surface area contributed by atoms with Crippen LogP contribution in [0.2, 0.25) is 0 Å². The first-order valence-electron chi connectivity index (χ1n) is 4.40. The Balaban J connectivity index is 1.84. The third-order valence-corrected chi connectivity index (χ3v) is 3.15. The quantitative estimate of drug-likeness (QED) is 0.344. The molecule has 0 aromatic carbocycles. The van der Waals surface area contributed by atoms with E-state index in [-0.39, 0.29) is 5.97 Å². The fourth-order valence-corrected chi connectivity index (χ4v) is 2.10. The van der Waals surface area contributed by atoms with Gasteiger partial charge < -0.3 is 4.74 Å². The highest BCUT2D eigenvalue weighted by atomic mass is 127. The number of fused-ring (bicyclic) bond motifs is 2. The minimum absolute atomic E-state index is 0.117. The number of rotatable bonds is 3. The van der Waals surface area contributed by atoms with Crippen LogP contribution >= 0.6 is 22.6 Å². The van der Waals surface area contributed by atoms with Crippen molar-refractivity contribution in [2.24, 2.45) is 11.8 Å². The normalized spacial score (nSPS) is 29.2. The van der Waals surface area contributed by atoms with Crippen molar-refractivity contribution in [2.45, 2.75) is 6.42 Å². The number of hydrogen-bond donors (Lipinski definition) is 0. The zero-order valence-corrected chi connectivity index (χ0v) is 9.36. The van der Waals surface area contributed by atoms with Crippen LogP contribution in [0.25, 0.3) is 0 Å². The van der Waals surface area contributed by atoms with Gasteiger partial charge in [0.1, 0.15) is 6.61 Å². The number of halogens is 1. The molecule has 0 heterocycles. The molecule has 0 fully saturated rings. The minimum atomic E-state index is -0.117. The second-order valence-corrected chi connectivity index (χ2v) is 4.19. The van der Waals surface area contributed by atoms with Crippen molar-refractivity contribution >= 4 is 28.6 Å². The molecule has 0 spiro atoms. The predicted molar refractivity (Wildman–Crippen MR) is 58.7 cm³/mol. The molecule has 0 aromatic rings. The third-order valence-electron chi connectivity index (χ3n) is 2.53. The molecular formula is C10H11IO2. The molecule has 0 radical (unpaired) electrons. The molecule has 2 aliphatic rings. The molecule has 0 unspecified atom stereocenters. The van der Waals surface area contributed by atoms with E-state index in [4.69, 9.17) is 4.74 Å². The van der Waals surface area contributed by atoms with Gasteiger partial charge in [-0.05, 0) is 17.9 Å². The lowest BCUT2D eigenvalue weighted by molar-refractivity contribution is -0.139. The molecule has 70 valence electrons. The maximum atomic E-state index is 10.9. The summed E-state index contributed by atoms with van der Waals surface area (Å²) in [6, 6.07) is 0. The van der Waals surface area contributed by atoms with Crippen LogP contribution < -0.4 is 0 Å². The van der Waals surface area contributed by atoms with E-state index < -0.39 is 0 Å². The van der Waals surface area contributed by atoms with Crippen LogP contribution in [-0.2, 0) is 9.53 Å². The van der Waals surface area contributed by atoms with E-state index >= 15 is 0 Å². The average Bonchev–Trinajstić information content (AvgIpc) is 2.74. The summed E-state index contributed by atoms with van der Waals surface area (Å²) in [7, 11) is 0. The smallest absolute Gasteiger partial charge is 0.316 e. The lowest BCUT2D eigenvalue weighted by atomic mass is 10.0. The first-order chi connectivity index (χ1) is 6.29. The maximum Gasteiger partial charge on any atom is 0.316 e. The largest absolute Gasteiger partial charge is 0.461 e. The Hall–Kier alpha value is -0.320. The molecule has 2 nitrogen and oxygen atoms in total. The summed E-state index contributed by atoms with van der Waals surface area (Å²) >= 11 is 2.02. The van der Waals surface area contributed by atoms with Crippen molar-refractivity contribution < 1.29 is 9.53 Å². The first-order valence-corrected chi connectivity index (χ1v) is 5.92. The van der Waals surface area contributed by atoms with Crippen LogP contribution in [0.3, 0.4) is 0 Å². The van der Waals surface area contributed by atoms with E-state index in [0.717, 1.165) is 0 Å². The Morgan fingerprint density at radius 1 is 1.62 bits per heavy atom. The Morgan fingerprint density at radius 3 is 3.00 bits per heavy atom. The lowest BCUT2D eigenvalue weighted by Gasteiger charge is -2.09. The van der Waals surface area contributed by atoms with Gasteiger partial charge in [-0.3, -0.25) is 4.79 Å². The van der Waals surface area contributed by atoms with E-state index in [1.54, 1.807) is 0 Å². The van der Waals surface area contributed by atoms with Crippen molar-refractivity contribution in [1.82, 2.24) is 0 Å². The van der Waals surface area contributed by atoms with Crippen LogP contribution in [-0.4, -0.2) is 17.0 Å². The summed E-state index contributed by atoms with van der Waals surface area (Å²) in [5, 5.41) is 0. The average molecular weight is 290 g/mol. The molecular weight excluding hydrogens is 279 g/mol. The van der Waals surface area contributed by atoms with E-state index in [1.807, 2.05) is 22.6 Å². The standard InChI is InChI=1S/C10H11IO2/c11-5-10(12)13-6-9-4-7-1-2-8(9)3-7/h1-2,4,7-8H,3,5-6H2/t7-,8+/m0/s1. The van der Waals surface area contributed by atoms with Gasteiger partial charge in [0.25, 0.3) is 0 Å². The van der Waals surface area contributed by atoms with Crippen LogP contribution in [0.5, 0.6) is 0 Å². The Morgan fingerprint density at radius 2 is 2.46 bits per heavy atom. The maximum absolute atomic E-state index is 10.9. The highest BCUT2D eigenvalue weighted by molar-refractivity contribution is 14.1.